The summed E-state index contributed by atoms with van der Waals surface area (Å²) in [5.41, 5.74) is 3.22. The van der Waals surface area contributed by atoms with Crippen LogP contribution in [-0.4, -0.2) is 47.0 Å². The topological polar surface area (TPSA) is 87.6 Å². The number of ether oxygens (including phenoxy) is 1. The Morgan fingerprint density at radius 3 is 2.69 bits per heavy atom. The molecule has 3 heterocycles. The SMILES string of the molecule is CC(C)C1COCCN1c1nc(N/N=C/c2ccc(Nc3cccc(C(F)(F)F)c3)cn2)ncc1F. The molecule has 1 saturated heterocycles. The first kappa shape index (κ1) is 25.3. The molecule has 12 heteroatoms. The molecule has 1 atom stereocenters. The number of aromatic nitrogens is 3. The van der Waals surface area contributed by atoms with Crippen LogP contribution in [0, 0.1) is 11.7 Å². The van der Waals surface area contributed by atoms with E-state index in [2.05, 4.69) is 30.8 Å². The molecule has 4 rings (SSSR count). The van der Waals surface area contributed by atoms with Gasteiger partial charge in [0.25, 0.3) is 0 Å². The smallest absolute Gasteiger partial charge is 0.377 e. The van der Waals surface area contributed by atoms with E-state index < -0.39 is 17.6 Å². The maximum atomic E-state index is 14.5. The minimum absolute atomic E-state index is 0.00763. The molecule has 0 aliphatic carbocycles. The van der Waals surface area contributed by atoms with E-state index in [9.17, 15) is 17.6 Å². The lowest BCUT2D eigenvalue weighted by molar-refractivity contribution is -0.137. The molecule has 0 bridgehead atoms. The van der Waals surface area contributed by atoms with Gasteiger partial charge < -0.3 is 15.0 Å². The summed E-state index contributed by atoms with van der Waals surface area (Å²) in [6.45, 7) is 5.58. The summed E-state index contributed by atoms with van der Waals surface area (Å²) < 4.78 is 58.7. The van der Waals surface area contributed by atoms with Crippen LogP contribution < -0.4 is 15.6 Å². The molecule has 36 heavy (non-hydrogen) atoms. The van der Waals surface area contributed by atoms with E-state index in [1.165, 1.54) is 24.5 Å². The van der Waals surface area contributed by atoms with E-state index >= 15 is 0 Å². The van der Waals surface area contributed by atoms with Crippen LogP contribution in [0.15, 0.2) is 53.9 Å². The highest BCUT2D eigenvalue weighted by molar-refractivity contribution is 5.78. The van der Waals surface area contributed by atoms with E-state index in [1.807, 2.05) is 18.7 Å². The summed E-state index contributed by atoms with van der Waals surface area (Å²) in [6, 6.07) is 8.18. The van der Waals surface area contributed by atoms with Crippen LogP contribution in [0.3, 0.4) is 0 Å². The number of nitrogens with one attached hydrogen (secondary N) is 2. The molecule has 1 aliphatic rings. The van der Waals surface area contributed by atoms with Crippen LogP contribution in [0.25, 0.3) is 0 Å². The molecular weight excluding hydrogens is 478 g/mol. The highest BCUT2D eigenvalue weighted by Gasteiger charge is 2.30. The average molecular weight is 504 g/mol. The molecule has 0 radical (unpaired) electrons. The fourth-order valence-corrected chi connectivity index (χ4v) is 3.70. The van der Waals surface area contributed by atoms with E-state index in [0.717, 1.165) is 18.3 Å². The Balaban J connectivity index is 1.40. The predicted octanol–water partition coefficient (Wildman–Crippen LogP) is 5.08. The lowest BCUT2D eigenvalue weighted by Gasteiger charge is -2.38. The molecular formula is C24H25F4N7O. The molecule has 0 spiro atoms. The zero-order valence-corrected chi connectivity index (χ0v) is 19.6. The molecule has 190 valence electrons. The van der Waals surface area contributed by atoms with E-state index in [0.29, 0.717) is 36.8 Å². The Bertz CT molecular complexity index is 1200. The van der Waals surface area contributed by atoms with Crippen LogP contribution in [0.2, 0.25) is 0 Å². The molecule has 1 aromatic carbocycles. The van der Waals surface area contributed by atoms with Crippen molar-refractivity contribution in [2.24, 2.45) is 11.0 Å². The van der Waals surface area contributed by atoms with Gasteiger partial charge in [-0.15, -0.1) is 0 Å². The Morgan fingerprint density at radius 1 is 1.14 bits per heavy atom. The van der Waals surface area contributed by atoms with Crippen molar-refractivity contribution in [3.05, 3.63) is 65.9 Å². The molecule has 2 N–H and O–H groups in total. The number of hydrazone groups is 1. The van der Waals surface area contributed by atoms with Crippen molar-refractivity contribution in [3.8, 4) is 0 Å². The van der Waals surface area contributed by atoms with Gasteiger partial charge in [0.2, 0.25) is 5.95 Å². The van der Waals surface area contributed by atoms with Crippen molar-refractivity contribution in [3.63, 3.8) is 0 Å². The second kappa shape index (κ2) is 10.9. The number of pyridine rings is 1. The van der Waals surface area contributed by atoms with Crippen molar-refractivity contribution in [2.75, 3.05) is 35.4 Å². The average Bonchev–Trinajstić information content (AvgIpc) is 2.86. The van der Waals surface area contributed by atoms with Gasteiger partial charge in [-0.1, -0.05) is 19.9 Å². The fraction of sp³-hybridized carbons (Fsp3) is 0.333. The molecule has 0 saturated carbocycles. The number of nitrogens with zero attached hydrogens (tertiary/aromatic N) is 5. The first-order valence-corrected chi connectivity index (χ1v) is 11.3. The lowest BCUT2D eigenvalue weighted by atomic mass is 10.0. The summed E-state index contributed by atoms with van der Waals surface area (Å²) >= 11 is 0. The Labute approximate surface area is 205 Å². The van der Waals surface area contributed by atoms with Crippen molar-refractivity contribution in [1.82, 2.24) is 15.0 Å². The maximum Gasteiger partial charge on any atom is 0.416 e. The highest BCUT2D eigenvalue weighted by atomic mass is 19.4. The summed E-state index contributed by atoms with van der Waals surface area (Å²) in [4.78, 5) is 14.3. The van der Waals surface area contributed by atoms with Gasteiger partial charge in [-0.05, 0) is 36.2 Å². The Hall–Kier alpha value is -3.80. The highest BCUT2D eigenvalue weighted by Crippen LogP contribution is 2.31. The monoisotopic (exact) mass is 503 g/mol. The number of benzene rings is 1. The van der Waals surface area contributed by atoms with Gasteiger partial charge in [-0.25, -0.2) is 14.8 Å². The summed E-state index contributed by atoms with van der Waals surface area (Å²) in [5, 5.41) is 6.95. The first-order chi connectivity index (χ1) is 17.2. The number of morpholine rings is 1. The van der Waals surface area contributed by atoms with Crippen molar-refractivity contribution < 1.29 is 22.3 Å². The number of halogens is 4. The van der Waals surface area contributed by atoms with Gasteiger partial charge in [-0.3, -0.25) is 4.98 Å². The summed E-state index contributed by atoms with van der Waals surface area (Å²) in [7, 11) is 0. The minimum Gasteiger partial charge on any atom is -0.377 e. The van der Waals surface area contributed by atoms with Gasteiger partial charge in [0, 0.05) is 12.2 Å². The number of hydrogen-bond donors (Lipinski definition) is 2. The zero-order valence-electron chi connectivity index (χ0n) is 19.6. The third kappa shape index (κ3) is 6.25. The van der Waals surface area contributed by atoms with Crippen LogP contribution >= 0.6 is 0 Å². The van der Waals surface area contributed by atoms with Crippen LogP contribution in [-0.2, 0) is 10.9 Å². The third-order valence-corrected chi connectivity index (χ3v) is 5.56. The van der Waals surface area contributed by atoms with Gasteiger partial charge in [-0.2, -0.15) is 23.3 Å². The van der Waals surface area contributed by atoms with Crippen LogP contribution in [0.1, 0.15) is 25.1 Å². The molecule has 1 fully saturated rings. The summed E-state index contributed by atoms with van der Waals surface area (Å²) in [5.74, 6) is 0.0288. The van der Waals surface area contributed by atoms with Gasteiger partial charge >= 0.3 is 6.18 Å². The van der Waals surface area contributed by atoms with E-state index in [-0.39, 0.29) is 23.7 Å². The van der Waals surface area contributed by atoms with Crippen LogP contribution in [0.5, 0.6) is 0 Å². The molecule has 0 amide bonds. The maximum absolute atomic E-state index is 14.5. The number of rotatable bonds is 7. The molecule has 3 aromatic rings. The zero-order chi connectivity index (χ0) is 25.7. The van der Waals surface area contributed by atoms with E-state index in [4.69, 9.17) is 4.74 Å². The van der Waals surface area contributed by atoms with Gasteiger partial charge in [0.15, 0.2) is 11.6 Å². The van der Waals surface area contributed by atoms with E-state index in [1.54, 1.807) is 12.1 Å². The Morgan fingerprint density at radius 2 is 1.97 bits per heavy atom. The largest absolute Gasteiger partial charge is 0.416 e. The molecule has 1 unspecified atom stereocenters. The molecule has 8 nitrogen and oxygen atoms in total. The predicted molar refractivity (Wildman–Crippen MR) is 129 cm³/mol. The van der Waals surface area contributed by atoms with Crippen molar-refractivity contribution in [1.29, 1.82) is 0 Å². The normalized spacial score (nSPS) is 16.5. The quantitative estimate of drug-likeness (QED) is 0.264. The van der Waals surface area contributed by atoms with Gasteiger partial charge in [0.1, 0.15) is 0 Å². The third-order valence-electron chi connectivity index (χ3n) is 5.56. The molecule has 1 aliphatic heterocycles. The lowest BCUT2D eigenvalue weighted by Crippen LogP contribution is -2.49. The summed E-state index contributed by atoms with van der Waals surface area (Å²) in [6.07, 6.45) is -0.430. The number of alkyl halides is 3. The second-order valence-electron chi connectivity index (χ2n) is 8.49. The second-order valence-corrected chi connectivity index (χ2v) is 8.49. The van der Waals surface area contributed by atoms with Crippen molar-refractivity contribution >= 4 is 29.4 Å². The minimum atomic E-state index is -4.42. The first-order valence-electron chi connectivity index (χ1n) is 11.3. The van der Waals surface area contributed by atoms with Crippen molar-refractivity contribution in [2.45, 2.75) is 26.1 Å². The Kier molecular flexibility index (Phi) is 7.63. The standard InChI is InChI=1S/C24H25F4N7O/c1-15(2)21-14-36-9-8-35(21)22-20(25)13-30-23(33-22)34-31-12-18-6-7-19(11-29-18)32-17-5-3-4-16(10-17)24(26,27)28/h3-7,10-13,15,21,32H,8-9,14H2,1-2H3,(H,30,33,34)/b31-12+. The van der Waals surface area contributed by atoms with Crippen LogP contribution in [0.4, 0.5) is 40.7 Å². The number of anilines is 4. The van der Waals surface area contributed by atoms with Gasteiger partial charge in [0.05, 0.1) is 54.8 Å². The fourth-order valence-electron chi connectivity index (χ4n) is 3.70. The molecule has 2 aromatic heterocycles. The number of hydrogen-bond acceptors (Lipinski definition) is 8.